The molecule has 1 aliphatic heterocycles. The Morgan fingerprint density at radius 2 is 1.81 bits per heavy atom. The SMILES string of the molecule is COc1ccc(C(=O)NC(C)CN2CCCCC2)cc1S(=O)(=O)NCc1ccc(Cl)cc1. The summed E-state index contributed by atoms with van der Waals surface area (Å²) in [4.78, 5) is 15.1. The summed E-state index contributed by atoms with van der Waals surface area (Å²) in [5.74, 6) is -0.141. The normalized spacial score (nSPS) is 15.8. The molecule has 174 valence electrons. The van der Waals surface area contributed by atoms with E-state index in [0.717, 1.165) is 25.2 Å². The van der Waals surface area contributed by atoms with Gasteiger partial charge >= 0.3 is 0 Å². The summed E-state index contributed by atoms with van der Waals surface area (Å²) in [5, 5.41) is 3.55. The maximum absolute atomic E-state index is 13.0. The van der Waals surface area contributed by atoms with Gasteiger partial charge in [-0.2, -0.15) is 0 Å². The summed E-state index contributed by atoms with van der Waals surface area (Å²) >= 11 is 5.88. The van der Waals surface area contributed by atoms with Gasteiger partial charge in [-0.15, -0.1) is 0 Å². The van der Waals surface area contributed by atoms with Crippen LogP contribution in [-0.4, -0.2) is 52.0 Å². The lowest BCUT2D eigenvalue weighted by Crippen LogP contribution is -2.43. The van der Waals surface area contributed by atoms with Gasteiger partial charge in [0, 0.05) is 29.7 Å². The molecule has 0 aliphatic carbocycles. The van der Waals surface area contributed by atoms with E-state index in [1.807, 2.05) is 6.92 Å². The molecule has 3 rings (SSSR count). The molecule has 2 aromatic rings. The minimum absolute atomic E-state index is 0.0502. The van der Waals surface area contributed by atoms with Crippen LogP contribution in [0.15, 0.2) is 47.4 Å². The standard InChI is InChI=1S/C23H30ClN3O4S/c1-17(16-27-12-4-3-5-13-27)26-23(28)19-8-11-21(31-2)22(14-19)32(29,30)25-15-18-6-9-20(24)10-7-18/h6-11,14,17,25H,3-5,12-13,15-16H2,1-2H3,(H,26,28). The molecule has 32 heavy (non-hydrogen) atoms. The zero-order valence-electron chi connectivity index (χ0n) is 18.4. The number of ether oxygens (including phenoxy) is 1. The fourth-order valence-electron chi connectivity index (χ4n) is 3.77. The summed E-state index contributed by atoms with van der Waals surface area (Å²) in [5.41, 5.74) is 1.03. The number of halogens is 1. The Kier molecular flexibility index (Phi) is 8.53. The van der Waals surface area contributed by atoms with Crippen molar-refractivity contribution < 1.29 is 17.9 Å². The number of piperidine rings is 1. The Morgan fingerprint density at radius 3 is 2.47 bits per heavy atom. The van der Waals surface area contributed by atoms with E-state index in [9.17, 15) is 13.2 Å². The first kappa shape index (κ1) is 24.5. The highest BCUT2D eigenvalue weighted by Gasteiger charge is 2.22. The first-order valence-corrected chi connectivity index (χ1v) is 12.6. The van der Waals surface area contributed by atoms with Gasteiger partial charge in [0.05, 0.1) is 7.11 Å². The molecule has 0 radical (unpaired) electrons. The number of nitrogens with one attached hydrogen (secondary N) is 2. The van der Waals surface area contributed by atoms with E-state index in [1.165, 1.54) is 38.5 Å². The number of hydrogen-bond acceptors (Lipinski definition) is 5. The molecular weight excluding hydrogens is 450 g/mol. The van der Waals surface area contributed by atoms with Crippen molar-refractivity contribution in [1.29, 1.82) is 0 Å². The molecule has 0 saturated carbocycles. The zero-order chi connectivity index (χ0) is 23.1. The van der Waals surface area contributed by atoms with Gasteiger partial charge in [-0.3, -0.25) is 4.79 Å². The molecular formula is C23H30ClN3O4S. The van der Waals surface area contributed by atoms with Gasteiger partial charge in [-0.1, -0.05) is 30.2 Å². The molecule has 1 saturated heterocycles. The maximum Gasteiger partial charge on any atom is 0.251 e. The number of methoxy groups -OCH3 is 1. The minimum Gasteiger partial charge on any atom is -0.495 e. The van der Waals surface area contributed by atoms with E-state index in [-0.39, 0.29) is 34.7 Å². The Balaban J connectivity index is 1.70. The van der Waals surface area contributed by atoms with E-state index in [1.54, 1.807) is 30.3 Å². The van der Waals surface area contributed by atoms with E-state index < -0.39 is 10.0 Å². The van der Waals surface area contributed by atoms with Crippen molar-refractivity contribution in [3.05, 3.63) is 58.6 Å². The van der Waals surface area contributed by atoms with Gasteiger partial charge in [0.1, 0.15) is 10.6 Å². The molecule has 1 amide bonds. The Morgan fingerprint density at radius 1 is 1.12 bits per heavy atom. The number of sulfonamides is 1. The number of hydrogen-bond donors (Lipinski definition) is 2. The lowest BCUT2D eigenvalue weighted by atomic mass is 10.1. The van der Waals surface area contributed by atoms with E-state index in [0.29, 0.717) is 5.02 Å². The number of nitrogens with zero attached hydrogens (tertiary/aromatic N) is 1. The van der Waals surface area contributed by atoms with Crippen molar-refractivity contribution in [2.24, 2.45) is 0 Å². The van der Waals surface area contributed by atoms with Gasteiger partial charge in [0.15, 0.2) is 0 Å². The fraction of sp³-hybridized carbons (Fsp3) is 0.435. The maximum atomic E-state index is 13.0. The van der Waals surface area contributed by atoms with Gasteiger partial charge in [-0.25, -0.2) is 13.1 Å². The third-order valence-corrected chi connectivity index (χ3v) is 7.13. The topological polar surface area (TPSA) is 87.7 Å². The molecule has 2 aromatic carbocycles. The highest BCUT2D eigenvalue weighted by molar-refractivity contribution is 7.89. The average Bonchev–Trinajstić information content (AvgIpc) is 2.79. The fourth-order valence-corrected chi connectivity index (χ4v) is 5.10. The van der Waals surface area contributed by atoms with Gasteiger partial charge in [-0.05, 0) is 68.8 Å². The highest BCUT2D eigenvalue weighted by Crippen LogP contribution is 2.25. The van der Waals surface area contributed by atoms with Crippen LogP contribution in [0.1, 0.15) is 42.1 Å². The van der Waals surface area contributed by atoms with Crippen molar-refractivity contribution in [1.82, 2.24) is 14.9 Å². The second kappa shape index (κ2) is 11.1. The van der Waals surface area contributed by atoms with E-state index in [4.69, 9.17) is 16.3 Å². The number of amides is 1. The molecule has 1 aliphatic rings. The summed E-state index contributed by atoms with van der Waals surface area (Å²) in [6.45, 7) is 4.91. The monoisotopic (exact) mass is 479 g/mol. The Hall–Kier alpha value is -2.13. The van der Waals surface area contributed by atoms with Crippen LogP contribution in [0.25, 0.3) is 0 Å². The molecule has 1 unspecified atom stereocenters. The lowest BCUT2D eigenvalue weighted by Gasteiger charge is -2.29. The smallest absolute Gasteiger partial charge is 0.251 e. The number of carbonyl (C=O) groups excluding carboxylic acids is 1. The molecule has 0 aromatic heterocycles. The third kappa shape index (κ3) is 6.68. The third-order valence-electron chi connectivity index (χ3n) is 5.45. The van der Waals surface area contributed by atoms with Gasteiger partial charge < -0.3 is 15.0 Å². The number of benzene rings is 2. The van der Waals surface area contributed by atoms with Crippen molar-refractivity contribution in [3.63, 3.8) is 0 Å². The summed E-state index contributed by atoms with van der Waals surface area (Å²) in [7, 11) is -2.52. The lowest BCUT2D eigenvalue weighted by molar-refractivity contribution is 0.0925. The molecule has 0 bridgehead atoms. The van der Waals surface area contributed by atoms with Crippen molar-refractivity contribution in [2.75, 3.05) is 26.7 Å². The van der Waals surface area contributed by atoms with Gasteiger partial charge in [0.25, 0.3) is 5.91 Å². The zero-order valence-corrected chi connectivity index (χ0v) is 20.0. The first-order chi connectivity index (χ1) is 15.3. The Labute approximate surface area is 195 Å². The molecule has 7 nitrogen and oxygen atoms in total. The largest absolute Gasteiger partial charge is 0.495 e. The molecule has 1 atom stereocenters. The quantitative estimate of drug-likeness (QED) is 0.575. The van der Waals surface area contributed by atoms with Crippen molar-refractivity contribution >= 4 is 27.5 Å². The summed E-state index contributed by atoms with van der Waals surface area (Å²) in [6.07, 6.45) is 3.62. The predicted octanol–water partition coefficient (Wildman–Crippen LogP) is 3.43. The molecule has 9 heteroatoms. The van der Waals surface area contributed by atoms with Crippen LogP contribution in [0.5, 0.6) is 5.75 Å². The molecule has 1 heterocycles. The minimum atomic E-state index is -3.91. The van der Waals surface area contributed by atoms with Crippen molar-refractivity contribution in [3.8, 4) is 5.75 Å². The summed E-state index contributed by atoms with van der Waals surface area (Å²) in [6, 6.07) is 11.3. The second-order valence-corrected chi connectivity index (χ2v) is 10.2. The Bertz CT molecular complexity index is 1020. The average molecular weight is 480 g/mol. The number of carbonyl (C=O) groups is 1. The molecule has 0 spiro atoms. The number of rotatable bonds is 9. The van der Waals surface area contributed by atoms with Crippen LogP contribution in [0, 0.1) is 0 Å². The van der Waals surface area contributed by atoms with Crippen LogP contribution in [-0.2, 0) is 16.6 Å². The summed E-state index contributed by atoms with van der Waals surface area (Å²) < 4.78 is 33.7. The van der Waals surface area contributed by atoms with Crippen LogP contribution in [0.3, 0.4) is 0 Å². The second-order valence-electron chi connectivity index (χ2n) is 8.05. The van der Waals surface area contributed by atoms with E-state index in [2.05, 4.69) is 14.9 Å². The van der Waals surface area contributed by atoms with Crippen LogP contribution < -0.4 is 14.8 Å². The van der Waals surface area contributed by atoms with Crippen LogP contribution in [0.4, 0.5) is 0 Å². The van der Waals surface area contributed by atoms with E-state index >= 15 is 0 Å². The number of likely N-dealkylation sites (tertiary alicyclic amines) is 1. The molecule has 1 fully saturated rings. The first-order valence-electron chi connectivity index (χ1n) is 10.7. The van der Waals surface area contributed by atoms with Gasteiger partial charge in [0.2, 0.25) is 10.0 Å². The predicted molar refractivity (Wildman–Crippen MR) is 126 cm³/mol. The van der Waals surface area contributed by atoms with Crippen molar-refractivity contribution in [2.45, 2.75) is 43.7 Å². The van der Waals surface area contributed by atoms with Crippen LogP contribution >= 0.6 is 11.6 Å². The molecule has 2 N–H and O–H groups in total. The van der Waals surface area contributed by atoms with Crippen LogP contribution in [0.2, 0.25) is 5.02 Å². The highest BCUT2D eigenvalue weighted by atomic mass is 35.5.